The van der Waals surface area contributed by atoms with Crippen molar-refractivity contribution in [1.29, 1.82) is 0 Å². The van der Waals surface area contributed by atoms with E-state index in [1.807, 2.05) is 5.32 Å². The molecule has 0 aliphatic carbocycles. The fourth-order valence-electron chi connectivity index (χ4n) is 1.82. The predicted molar refractivity (Wildman–Crippen MR) is 83.5 cm³/mol. The maximum atomic E-state index is 12.9. The number of nitrogens with zero attached hydrogens (tertiary/aromatic N) is 1. The number of aromatic nitrogens is 1. The van der Waals surface area contributed by atoms with E-state index >= 15 is 0 Å². The molecule has 0 bridgehead atoms. The van der Waals surface area contributed by atoms with Gasteiger partial charge in [0.1, 0.15) is 12.4 Å². The number of aromatic carboxylic acids is 1. The second-order valence-electron chi connectivity index (χ2n) is 4.87. The minimum atomic E-state index is -1.26. The normalized spacial score (nSPS) is 10.2. The minimum Gasteiger partial charge on any atom is -0.486 e. The Kier molecular flexibility index (Phi) is 5.75. The molecule has 0 saturated carbocycles. The Hall–Kier alpha value is -3.33. The van der Waals surface area contributed by atoms with Crippen LogP contribution in [0.25, 0.3) is 0 Å². The molecule has 0 saturated heterocycles. The van der Waals surface area contributed by atoms with Crippen LogP contribution in [0.4, 0.5) is 4.39 Å². The molecule has 0 aliphatic rings. The van der Waals surface area contributed by atoms with Crippen molar-refractivity contribution in [2.24, 2.45) is 5.73 Å². The SMILES string of the molecule is NCC(=O)NC(=O)c1ncc(C(=O)O)cc1OCc1ccc(F)cc1. The molecule has 0 aliphatic heterocycles. The van der Waals surface area contributed by atoms with Crippen LogP contribution in [0.2, 0.25) is 0 Å². The molecule has 130 valence electrons. The number of rotatable bonds is 6. The second-order valence-corrected chi connectivity index (χ2v) is 4.87. The van der Waals surface area contributed by atoms with Gasteiger partial charge in [-0.2, -0.15) is 0 Å². The van der Waals surface area contributed by atoms with Gasteiger partial charge in [-0.1, -0.05) is 12.1 Å². The maximum absolute atomic E-state index is 12.9. The number of carbonyl (C=O) groups excluding carboxylic acids is 2. The van der Waals surface area contributed by atoms with Crippen molar-refractivity contribution in [3.05, 3.63) is 59.2 Å². The van der Waals surface area contributed by atoms with Gasteiger partial charge >= 0.3 is 5.97 Å². The molecule has 1 heterocycles. The predicted octanol–water partition coefficient (Wildman–Crippen LogP) is 0.713. The van der Waals surface area contributed by atoms with Gasteiger partial charge in [-0.3, -0.25) is 14.9 Å². The number of hydrogen-bond acceptors (Lipinski definition) is 6. The van der Waals surface area contributed by atoms with Crippen LogP contribution in [0.1, 0.15) is 26.4 Å². The van der Waals surface area contributed by atoms with Crippen LogP contribution >= 0.6 is 0 Å². The third kappa shape index (κ3) is 4.82. The summed E-state index contributed by atoms with van der Waals surface area (Å²) in [5.41, 5.74) is 5.24. The lowest BCUT2D eigenvalue weighted by atomic mass is 10.2. The number of ether oxygens (including phenoxy) is 1. The largest absolute Gasteiger partial charge is 0.486 e. The Morgan fingerprint density at radius 3 is 2.52 bits per heavy atom. The monoisotopic (exact) mass is 347 g/mol. The highest BCUT2D eigenvalue weighted by Gasteiger charge is 2.19. The number of hydrogen-bond donors (Lipinski definition) is 3. The van der Waals surface area contributed by atoms with Crippen molar-refractivity contribution >= 4 is 17.8 Å². The molecule has 0 spiro atoms. The van der Waals surface area contributed by atoms with Crippen molar-refractivity contribution in [1.82, 2.24) is 10.3 Å². The number of benzene rings is 1. The fourth-order valence-corrected chi connectivity index (χ4v) is 1.82. The first-order chi connectivity index (χ1) is 11.9. The van der Waals surface area contributed by atoms with E-state index in [1.165, 1.54) is 24.3 Å². The standard InChI is InChI=1S/C16H14FN3O5/c17-11-3-1-9(2-4-11)8-25-12-5-10(16(23)24)7-19-14(12)15(22)20-13(21)6-18/h1-5,7H,6,8,18H2,(H,23,24)(H,20,21,22). The van der Waals surface area contributed by atoms with Crippen molar-refractivity contribution in [2.45, 2.75) is 6.61 Å². The summed E-state index contributed by atoms with van der Waals surface area (Å²) < 4.78 is 18.3. The van der Waals surface area contributed by atoms with Crippen LogP contribution in [-0.4, -0.2) is 34.4 Å². The van der Waals surface area contributed by atoms with Gasteiger partial charge in [0, 0.05) is 6.20 Å². The van der Waals surface area contributed by atoms with E-state index in [1.54, 1.807) is 0 Å². The van der Waals surface area contributed by atoms with Gasteiger partial charge in [0.05, 0.1) is 12.1 Å². The number of halogens is 1. The Balaban J connectivity index is 2.26. The summed E-state index contributed by atoms with van der Waals surface area (Å²) >= 11 is 0. The molecule has 1 aromatic carbocycles. The topological polar surface area (TPSA) is 132 Å². The molecule has 2 aromatic rings. The van der Waals surface area contributed by atoms with E-state index in [4.69, 9.17) is 15.6 Å². The number of nitrogens with one attached hydrogen (secondary N) is 1. The number of carboxylic acids is 1. The molecule has 1 aromatic heterocycles. The van der Waals surface area contributed by atoms with Gasteiger partial charge in [-0.25, -0.2) is 14.2 Å². The molecular weight excluding hydrogens is 333 g/mol. The average molecular weight is 347 g/mol. The third-order valence-corrected chi connectivity index (χ3v) is 3.06. The Bertz CT molecular complexity index is 808. The van der Waals surface area contributed by atoms with Gasteiger partial charge in [0.25, 0.3) is 5.91 Å². The smallest absolute Gasteiger partial charge is 0.337 e. The highest BCUT2D eigenvalue weighted by Crippen LogP contribution is 2.20. The van der Waals surface area contributed by atoms with Crippen molar-refractivity contribution in [3.63, 3.8) is 0 Å². The molecule has 8 nitrogen and oxygen atoms in total. The Morgan fingerprint density at radius 2 is 1.92 bits per heavy atom. The third-order valence-electron chi connectivity index (χ3n) is 3.06. The van der Waals surface area contributed by atoms with Crippen LogP contribution in [0.3, 0.4) is 0 Å². The maximum Gasteiger partial charge on any atom is 0.337 e. The summed E-state index contributed by atoms with van der Waals surface area (Å²) in [6.07, 6.45) is 0.967. The minimum absolute atomic E-state index is 0.0594. The van der Waals surface area contributed by atoms with Gasteiger partial charge in [-0.05, 0) is 23.8 Å². The molecule has 0 radical (unpaired) electrons. The zero-order valence-corrected chi connectivity index (χ0v) is 12.9. The van der Waals surface area contributed by atoms with Gasteiger partial charge < -0.3 is 15.6 Å². The first kappa shape index (κ1) is 18.0. The lowest BCUT2D eigenvalue weighted by Crippen LogP contribution is -2.36. The highest BCUT2D eigenvalue weighted by molar-refractivity contribution is 6.05. The van der Waals surface area contributed by atoms with E-state index in [0.717, 1.165) is 12.3 Å². The van der Waals surface area contributed by atoms with Gasteiger partial charge in [0.15, 0.2) is 11.4 Å². The van der Waals surface area contributed by atoms with E-state index in [9.17, 15) is 18.8 Å². The summed E-state index contributed by atoms with van der Waals surface area (Å²) in [7, 11) is 0. The first-order valence-electron chi connectivity index (χ1n) is 7.05. The number of carboxylic acid groups (broad SMARTS) is 1. The van der Waals surface area contributed by atoms with Crippen molar-refractivity contribution < 1.29 is 28.6 Å². The van der Waals surface area contributed by atoms with E-state index in [-0.39, 0.29) is 23.6 Å². The number of pyridine rings is 1. The zero-order valence-electron chi connectivity index (χ0n) is 12.9. The van der Waals surface area contributed by atoms with Crippen LogP contribution < -0.4 is 15.8 Å². The average Bonchev–Trinajstić information content (AvgIpc) is 2.60. The highest BCUT2D eigenvalue weighted by atomic mass is 19.1. The molecule has 0 fully saturated rings. The molecular formula is C16H14FN3O5. The van der Waals surface area contributed by atoms with Crippen LogP contribution in [0.5, 0.6) is 5.75 Å². The van der Waals surface area contributed by atoms with Crippen LogP contribution in [0, 0.1) is 5.82 Å². The van der Waals surface area contributed by atoms with E-state index in [0.29, 0.717) is 5.56 Å². The van der Waals surface area contributed by atoms with Crippen LogP contribution in [0.15, 0.2) is 36.5 Å². The molecule has 4 N–H and O–H groups in total. The van der Waals surface area contributed by atoms with Crippen LogP contribution in [-0.2, 0) is 11.4 Å². The zero-order chi connectivity index (χ0) is 18.4. The molecule has 9 heteroatoms. The summed E-state index contributed by atoms with van der Waals surface area (Å²) in [4.78, 5) is 38.1. The summed E-state index contributed by atoms with van der Waals surface area (Å²) in [6, 6.07) is 6.53. The van der Waals surface area contributed by atoms with Gasteiger partial charge in [0.2, 0.25) is 5.91 Å². The number of carbonyl (C=O) groups is 3. The molecule has 0 unspecified atom stereocenters. The number of imide groups is 1. The molecule has 25 heavy (non-hydrogen) atoms. The molecule has 2 amide bonds. The number of amides is 2. The second kappa shape index (κ2) is 7.97. The molecule has 0 atom stereocenters. The van der Waals surface area contributed by atoms with E-state index in [2.05, 4.69) is 4.98 Å². The fraction of sp³-hybridized carbons (Fsp3) is 0.125. The lowest BCUT2D eigenvalue weighted by molar-refractivity contribution is -0.118. The summed E-state index contributed by atoms with van der Waals surface area (Å²) in [5, 5.41) is 11.0. The van der Waals surface area contributed by atoms with Crippen molar-refractivity contribution in [3.8, 4) is 5.75 Å². The summed E-state index contributed by atoms with van der Waals surface area (Å²) in [6.45, 7) is -0.457. The quantitative estimate of drug-likeness (QED) is 0.701. The van der Waals surface area contributed by atoms with Crippen molar-refractivity contribution in [2.75, 3.05) is 6.54 Å². The lowest BCUT2D eigenvalue weighted by Gasteiger charge is -2.11. The Labute approximate surface area is 141 Å². The summed E-state index contributed by atoms with van der Waals surface area (Å²) in [5.74, 6) is -3.41. The number of nitrogens with two attached hydrogens (primary N) is 1. The van der Waals surface area contributed by atoms with Gasteiger partial charge in [-0.15, -0.1) is 0 Å². The first-order valence-corrected chi connectivity index (χ1v) is 7.05. The molecule has 2 rings (SSSR count). The van der Waals surface area contributed by atoms with E-state index < -0.39 is 30.1 Å². The Morgan fingerprint density at radius 1 is 1.24 bits per heavy atom.